The van der Waals surface area contributed by atoms with Gasteiger partial charge in [0.15, 0.2) is 0 Å². The van der Waals surface area contributed by atoms with Crippen LogP contribution in [-0.2, 0) is 11.2 Å². The molecule has 0 fully saturated rings. The molecule has 0 saturated carbocycles. The lowest BCUT2D eigenvalue weighted by Crippen LogP contribution is -1.97. The van der Waals surface area contributed by atoms with E-state index >= 15 is 0 Å². The second-order valence-corrected chi connectivity index (χ2v) is 4.89. The van der Waals surface area contributed by atoms with Crippen LogP contribution in [0, 0.1) is 0 Å². The molecule has 0 spiro atoms. The number of aryl methyl sites for hydroxylation is 1. The summed E-state index contributed by atoms with van der Waals surface area (Å²) in [5.41, 5.74) is 2.28. The maximum absolute atomic E-state index is 10.5. The Labute approximate surface area is 116 Å². The van der Waals surface area contributed by atoms with Gasteiger partial charge in [-0.1, -0.05) is 62.6 Å². The summed E-state index contributed by atoms with van der Waals surface area (Å²) in [6, 6.07) is 8.14. The Balaban J connectivity index is 2.31. The lowest BCUT2D eigenvalue weighted by molar-refractivity contribution is -0.136. The van der Waals surface area contributed by atoms with Crippen molar-refractivity contribution in [2.45, 2.75) is 51.9 Å². The SMILES string of the molecule is CCCCCC/C=C/c1ccc(CCC(=O)O)cc1. The van der Waals surface area contributed by atoms with Gasteiger partial charge in [-0.2, -0.15) is 0 Å². The standard InChI is InChI=1S/C17H24O2/c1-2-3-4-5-6-7-8-15-9-11-16(12-10-15)13-14-17(18)19/h7-12H,2-6,13-14H2,1H3,(H,18,19)/b8-7+. The zero-order valence-electron chi connectivity index (χ0n) is 11.8. The summed E-state index contributed by atoms with van der Waals surface area (Å²) in [4.78, 5) is 10.5. The van der Waals surface area contributed by atoms with E-state index in [1.165, 1.54) is 31.2 Å². The molecule has 1 rings (SSSR count). The van der Waals surface area contributed by atoms with Crippen molar-refractivity contribution in [3.8, 4) is 0 Å². The molecular weight excluding hydrogens is 236 g/mol. The molecule has 1 aromatic rings. The minimum Gasteiger partial charge on any atom is -0.481 e. The molecule has 0 aliphatic heterocycles. The van der Waals surface area contributed by atoms with E-state index in [-0.39, 0.29) is 6.42 Å². The fourth-order valence-electron chi connectivity index (χ4n) is 1.96. The third-order valence-corrected chi connectivity index (χ3v) is 3.14. The van der Waals surface area contributed by atoms with E-state index in [4.69, 9.17) is 5.11 Å². The second-order valence-electron chi connectivity index (χ2n) is 4.89. The number of carboxylic acids is 1. The quantitative estimate of drug-likeness (QED) is 0.654. The van der Waals surface area contributed by atoms with E-state index in [2.05, 4.69) is 31.2 Å². The summed E-state index contributed by atoms with van der Waals surface area (Å²) in [5, 5.41) is 8.62. The predicted molar refractivity (Wildman–Crippen MR) is 80.2 cm³/mol. The van der Waals surface area contributed by atoms with Gasteiger partial charge < -0.3 is 5.11 Å². The minimum atomic E-state index is -0.740. The normalized spacial score (nSPS) is 11.0. The zero-order valence-corrected chi connectivity index (χ0v) is 11.8. The van der Waals surface area contributed by atoms with Crippen molar-refractivity contribution >= 4 is 12.0 Å². The maximum Gasteiger partial charge on any atom is 0.303 e. The Morgan fingerprint density at radius 1 is 1.16 bits per heavy atom. The molecule has 0 aliphatic rings. The van der Waals surface area contributed by atoms with Gasteiger partial charge >= 0.3 is 5.97 Å². The van der Waals surface area contributed by atoms with Crippen LogP contribution in [0.15, 0.2) is 30.3 Å². The summed E-state index contributed by atoms with van der Waals surface area (Å²) < 4.78 is 0. The van der Waals surface area contributed by atoms with Crippen LogP contribution in [0.4, 0.5) is 0 Å². The number of rotatable bonds is 9. The van der Waals surface area contributed by atoms with Gasteiger partial charge in [0.05, 0.1) is 0 Å². The predicted octanol–water partition coefficient (Wildman–Crippen LogP) is 4.69. The smallest absolute Gasteiger partial charge is 0.303 e. The molecule has 0 atom stereocenters. The average Bonchev–Trinajstić information content (AvgIpc) is 2.41. The highest BCUT2D eigenvalue weighted by Gasteiger charge is 1.98. The van der Waals surface area contributed by atoms with E-state index < -0.39 is 5.97 Å². The topological polar surface area (TPSA) is 37.3 Å². The highest BCUT2D eigenvalue weighted by molar-refractivity contribution is 5.67. The molecule has 0 saturated heterocycles. The highest BCUT2D eigenvalue weighted by Crippen LogP contribution is 2.10. The third-order valence-electron chi connectivity index (χ3n) is 3.14. The molecule has 0 amide bonds. The summed E-state index contributed by atoms with van der Waals surface area (Å²) in [5.74, 6) is -0.740. The molecule has 0 unspecified atom stereocenters. The van der Waals surface area contributed by atoms with Gasteiger partial charge in [-0.25, -0.2) is 0 Å². The first-order chi connectivity index (χ1) is 9.22. The van der Waals surface area contributed by atoms with Crippen molar-refractivity contribution in [1.82, 2.24) is 0 Å². The lowest BCUT2D eigenvalue weighted by Gasteiger charge is -2.00. The van der Waals surface area contributed by atoms with Crippen molar-refractivity contribution in [3.63, 3.8) is 0 Å². The van der Waals surface area contributed by atoms with Crippen LogP contribution in [-0.4, -0.2) is 11.1 Å². The van der Waals surface area contributed by atoms with Crippen LogP contribution in [0.2, 0.25) is 0 Å². The molecule has 104 valence electrons. The highest BCUT2D eigenvalue weighted by atomic mass is 16.4. The summed E-state index contributed by atoms with van der Waals surface area (Å²) >= 11 is 0. The number of hydrogen-bond acceptors (Lipinski definition) is 1. The first-order valence-corrected chi connectivity index (χ1v) is 7.19. The fourth-order valence-corrected chi connectivity index (χ4v) is 1.96. The number of carbonyl (C=O) groups is 1. The number of carboxylic acid groups (broad SMARTS) is 1. The molecule has 1 N–H and O–H groups in total. The summed E-state index contributed by atoms with van der Waals surface area (Å²) in [7, 11) is 0. The number of allylic oxidation sites excluding steroid dienone is 1. The number of unbranched alkanes of at least 4 members (excludes halogenated alkanes) is 4. The fraction of sp³-hybridized carbons (Fsp3) is 0.471. The molecule has 0 aliphatic carbocycles. The first-order valence-electron chi connectivity index (χ1n) is 7.19. The van der Waals surface area contributed by atoms with Crippen LogP contribution >= 0.6 is 0 Å². The Morgan fingerprint density at radius 2 is 1.89 bits per heavy atom. The summed E-state index contributed by atoms with van der Waals surface area (Å²) in [6.45, 7) is 2.22. The van der Waals surface area contributed by atoms with Gasteiger partial charge in [-0.15, -0.1) is 0 Å². The van der Waals surface area contributed by atoms with Crippen LogP contribution in [0.25, 0.3) is 6.08 Å². The van der Waals surface area contributed by atoms with E-state index in [1.807, 2.05) is 12.1 Å². The molecule has 0 radical (unpaired) electrons. The number of benzene rings is 1. The van der Waals surface area contributed by atoms with E-state index in [0.717, 1.165) is 12.0 Å². The van der Waals surface area contributed by atoms with Crippen LogP contribution in [0.3, 0.4) is 0 Å². The van der Waals surface area contributed by atoms with Crippen molar-refractivity contribution in [3.05, 3.63) is 41.5 Å². The second kappa shape index (κ2) is 9.37. The van der Waals surface area contributed by atoms with E-state index in [0.29, 0.717) is 6.42 Å². The van der Waals surface area contributed by atoms with Crippen LogP contribution < -0.4 is 0 Å². The maximum atomic E-state index is 10.5. The van der Waals surface area contributed by atoms with Crippen molar-refractivity contribution in [1.29, 1.82) is 0 Å². The molecule has 0 heterocycles. The largest absolute Gasteiger partial charge is 0.481 e. The first kappa shape index (κ1) is 15.5. The van der Waals surface area contributed by atoms with Crippen molar-refractivity contribution < 1.29 is 9.90 Å². The molecule has 19 heavy (non-hydrogen) atoms. The van der Waals surface area contributed by atoms with Gasteiger partial charge in [-0.3, -0.25) is 4.79 Å². The molecule has 2 heteroatoms. The number of hydrogen-bond donors (Lipinski definition) is 1. The van der Waals surface area contributed by atoms with Crippen LogP contribution in [0.1, 0.15) is 56.6 Å². The van der Waals surface area contributed by atoms with Crippen molar-refractivity contribution in [2.24, 2.45) is 0 Å². The number of aliphatic carboxylic acids is 1. The lowest BCUT2D eigenvalue weighted by atomic mass is 10.1. The molecule has 0 aromatic heterocycles. The van der Waals surface area contributed by atoms with Gasteiger partial charge in [-0.05, 0) is 30.4 Å². The van der Waals surface area contributed by atoms with E-state index in [9.17, 15) is 4.79 Å². The van der Waals surface area contributed by atoms with Gasteiger partial charge in [0.2, 0.25) is 0 Å². The van der Waals surface area contributed by atoms with Crippen molar-refractivity contribution in [2.75, 3.05) is 0 Å². The van der Waals surface area contributed by atoms with Gasteiger partial charge in [0, 0.05) is 6.42 Å². The minimum absolute atomic E-state index is 0.201. The monoisotopic (exact) mass is 260 g/mol. The average molecular weight is 260 g/mol. The van der Waals surface area contributed by atoms with E-state index in [1.54, 1.807) is 0 Å². The molecule has 0 bridgehead atoms. The Hall–Kier alpha value is -1.57. The summed E-state index contributed by atoms with van der Waals surface area (Å²) in [6.07, 6.45) is 11.5. The molecular formula is C17H24O2. The van der Waals surface area contributed by atoms with Gasteiger partial charge in [0.1, 0.15) is 0 Å². The Morgan fingerprint density at radius 3 is 2.53 bits per heavy atom. The Kier molecular flexibility index (Phi) is 7.64. The third kappa shape index (κ3) is 7.45. The van der Waals surface area contributed by atoms with Gasteiger partial charge in [0.25, 0.3) is 0 Å². The zero-order chi connectivity index (χ0) is 13.9. The Bertz CT molecular complexity index is 390. The molecule has 2 nitrogen and oxygen atoms in total. The molecule has 1 aromatic carbocycles. The van der Waals surface area contributed by atoms with Crippen LogP contribution in [0.5, 0.6) is 0 Å².